The molecule has 2 aliphatic rings. The molecule has 0 saturated heterocycles. The molecule has 0 bridgehead atoms. The lowest BCUT2D eigenvalue weighted by atomic mass is 9.70. The van der Waals surface area contributed by atoms with Gasteiger partial charge in [0.25, 0.3) is 0 Å². The van der Waals surface area contributed by atoms with Crippen LogP contribution in [0.3, 0.4) is 0 Å². The van der Waals surface area contributed by atoms with Crippen LogP contribution < -0.4 is 5.32 Å². The fourth-order valence-corrected chi connectivity index (χ4v) is 2.94. The molecule has 0 radical (unpaired) electrons. The van der Waals surface area contributed by atoms with Crippen LogP contribution in [0.15, 0.2) is 0 Å². The molecular weight excluding hydrogens is 186 g/mol. The van der Waals surface area contributed by atoms with Crippen molar-refractivity contribution >= 4 is 0 Å². The quantitative estimate of drug-likeness (QED) is 0.748. The van der Waals surface area contributed by atoms with Gasteiger partial charge in [0, 0.05) is 13.1 Å². The molecule has 0 heterocycles. The second-order valence-electron chi connectivity index (χ2n) is 6.05. The molecule has 88 valence electrons. The summed E-state index contributed by atoms with van der Waals surface area (Å²) in [5.74, 6) is 0. The summed E-state index contributed by atoms with van der Waals surface area (Å²) < 4.78 is 0. The molecule has 2 rings (SSSR count). The van der Waals surface area contributed by atoms with Crippen molar-refractivity contribution in [2.75, 3.05) is 13.1 Å². The maximum atomic E-state index is 10.3. The molecule has 2 N–H and O–H groups in total. The molecule has 0 aromatic rings. The van der Waals surface area contributed by atoms with Crippen LogP contribution in [0, 0.1) is 5.41 Å². The van der Waals surface area contributed by atoms with E-state index in [1.54, 1.807) is 0 Å². The Morgan fingerprint density at radius 1 is 0.933 bits per heavy atom. The van der Waals surface area contributed by atoms with E-state index in [1.807, 2.05) is 0 Å². The van der Waals surface area contributed by atoms with E-state index in [0.717, 1.165) is 25.9 Å². The van der Waals surface area contributed by atoms with Gasteiger partial charge < -0.3 is 10.4 Å². The Kier molecular flexibility index (Phi) is 3.36. The summed E-state index contributed by atoms with van der Waals surface area (Å²) in [5.41, 5.74) is 0.142. The smallest absolute Gasteiger partial charge is 0.0771 e. The van der Waals surface area contributed by atoms with Gasteiger partial charge in [0.15, 0.2) is 0 Å². The highest BCUT2D eigenvalue weighted by Gasteiger charge is 2.33. The van der Waals surface area contributed by atoms with Gasteiger partial charge in [-0.2, -0.15) is 0 Å². The first-order valence-corrected chi connectivity index (χ1v) is 6.55. The summed E-state index contributed by atoms with van der Waals surface area (Å²) in [5, 5.41) is 13.8. The van der Waals surface area contributed by atoms with Gasteiger partial charge in [0.05, 0.1) is 5.60 Å². The second kappa shape index (κ2) is 4.42. The molecule has 0 aromatic carbocycles. The zero-order chi connectivity index (χ0) is 10.8. The van der Waals surface area contributed by atoms with Gasteiger partial charge >= 0.3 is 0 Å². The van der Waals surface area contributed by atoms with E-state index in [1.165, 1.54) is 38.5 Å². The van der Waals surface area contributed by atoms with Crippen LogP contribution in [-0.2, 0) is 0 Å². The first kappa shape index (κ1) is 11.4. The van der Waals surface area contributed by atoms with E-state index < -0.39 is 5.60 Å². The zero-order valence-electron chi connectivity index (χ0n) is 10.0. The number of hydrogen-bond acceptors (Lipinski definition) is 2. The Morgan fingerprint density at radius 3 is 2.13 bits per heavy atom. The molecule has 2 saturated carbocycles. The molecule has 0 atom stereocenters. The molecule has 2 nitrogen and oxygen atoms in total. The minimum absolute atomic E-state index is 0.391. The average Bonchev–Trinajstić information content (AvgIpc) is 2.16. The minimum Gasteiger partial charge on any atom is -0.389 e. The van der Waals surface area contributed by atoms with Crippen molar-refractivity contribution in [3.63, 3.8) is 0 Å². The van der Waals surface area contributed by atoms with Crippen LogP contribution in [0.1, 0.15) is 58.3 Å². The van der Waals surface area contributed by atoms with Gasteiger partial charge in [-0.1, -0.05) is 32.6 Å². The lowest BCUT2D eigenvalue weighted by Gasteiger charge is -2.40. The van der Waals surface area contributed by atoms with Crippen molar-refractivity contribution in [1.29, 1.82) is 0 Å². The normalized spacial score (nSPS) is 28.4. The van der Waals surface area contributed by atoms with Crippen LogP contribution in [0.25, 0.3) is 0 Å². The predicted molar refractivity (Wildman–Crippen MR) is 62.9 cm³/mol. The standard InChI is InChI=1S/C13H25NO/c1-12(6-5-7-12)10-14-11-13(15)8-3-2-4-9-13/h14-15H,2-11H2,1H3. The van der Waals surface area contributed by atoms with Gasteiger partial charge in [-0.05, 0) is 31.1 Å². The fourth-order valence-electron chi connectivity index (χ4n) is 2.94. The summed E-state index contributed by atoms with van der Waals surface area (Å²) in [7, 11) is 0. The van der Waals surface area contributed by atoms with Crippen molar-refractivity contribution < 1.29 is 5.11 Å². The Hall–Kier alpha value is -0.0800. The summed E-state index contributed by atoms with van der Waals surface area (Å²) in [4.78, 5) is 0. The molecule has 2 heteroatoms. The van der Waals surface area contributed by atoms with Gasteiger partial charge in [0.2, 0.25) is 0 Å². The SMILES string of the molecule is CC1(CNCC2(O)CCCCC2)CCC1. The largest absolute Gasteiger partial charge is 0.389 e. The number of rotatable bonds is 4. The highest BCUT2D eigenvalue weighted by Crippen LogP contribution is 2.39. The van der Waals surface area contributed by atoms with E-state index in [0.29, 0.717) is 5.41 Å². The topological polar surface area (TPSA) is 32.3 Å². The third-order valence-electron chi connectivity index (χ3n) is 4.35. The highest BCUT2D eigenvalue weighted by molar-refractivity contribution is 4.89. The van der Waals surface area contributed by atoms with Gasteiger partial charge in [-0.3, -0.25) is 0 Å². The lowest BCUT2D eigenvalue weighted by Crippen LogP contribution is -2.46. The van der Waals surface area contributed by atoms with Crippen molar-refractivity contribution in [3.05, 3.63) is 0 Å². The second-order valence-corrected chi connectivity index (χ2v) is 6.05. The molecule has 2 fully saturated rings. The van der Waals surface area contributed by atoms with Gasteiger partial charge in [0.1, 0.15) is 0 Å². The maximum absolute atomic E-state index is 10.3. The average molecular weight is 211 g/mol. The summed E-state index contributed by atoms with van der Waals surface area (Å²) in [6.07, 6.45) is 9.82. The molecule has 0 unspecified atom stereocenters. The molecule has 0 spiro atoms. The van der Waals surface area contributed by atoms with Crippen LogP contribution in [0.4, 0.5) is 0 Å². The van der Waals surface area contributed by atoms with E-state index >= 15 is 0 Å². The van der Waals surface area contributed by atoms with Crippen LogP contribution in [-0.4, -0.2) is 23.8 Å². The maximum Gasteiger partial charge on any atom is 0.0771 e. The lowest BCUT2D eigenvalue weighted by molar-refractivity contribution is 0.000902. The molecular formula is C13H25NO. The van der Waals surface area contributed by atoms with Crippen LogP contribution >= 0.6 is 0 Å². The third kappa shape index (κ3) is 2.94. The summed E-state index contributed by atoms with van der Waals surface area (Å²) >= 11 is 0. The molecule has 0 aromatic heterocycles. The Bertz CT molecular complexity index is 205. The highest BCUT2D eigenvalue weighted by atomic mass is 16.3. The first-order chi connectivity index (χ1) is 7.12. The van der Waals surface area contributed by atoms with E-state index in [-0.39, 0.29) is 0 Å². The number of aliphatic hydroxyl groups is 1. The van der Waals surface area contributed by atoms with Crippen molar-refractivity contribution in [2.24, 2.45) is 5.41 Å². The Balaban J connectivity index is 1.67. The number of nitrogens with one attached hydrogen (secondary N) is 1. The monoisotopic (exact) mass is 211 g/mol. The molecule has 15 heavy (non-hydrogen) atoms. The minimum atomic E-state index is -0.391. The van der Waals surface area contributed by atoms with Crippen LogP contribution in [0.2, 0.25) is 0 Å². The molecule has 0 aliphatic heterocycles. The van der Waals surface area contributed by atoms with Crippen molar-refractivity contribution in [3.8, 4) is 0 Å². The van der Waals surface area contributed by atoms with Crippen molar-refractivity contribution in [2.45, 2.75) is 63.9 Å². The number of hydrogen-bond donors (Lipinski definition) is 2. The van der Waals surface area contributed by atoms with E-state index in [4.69, 9.17) is 0 Å². The van der Waals surface area contributed by atoms with Crippen LogP contribution in [0.5, 0.6) is 0 Å². The van der Waals surface area contributed by atoms with Gasteiger partial charge in [-0.15, -0.1) is 0 Å². The summed E-state index contributed by atoms with van der Waals surface area (Å²) in [6, 6.07) is 0. The molecule has 2 aliphatic carbocycles. The Labute approximate surface area is 93.5 Å². The Morgan fingerprint density at radius 2 is 1.60 bits per heavy atom. The molecule has 0 amide bonds. The zero-order valence-corrected chi connectivity index (χ0v) is 10.0. The predicted octanol–water partition coefficient (Wildman–Crippen LogP) is 2.46. The summed E-state index contributed by atoms with van der Waals surface area (Å²) in [6.45, 7) is 4.26. The van der Waals surface area contributed by atoms with Gasteiger partial charge in [-0.25, -0.2) is 0 Å². The fraction of sp³-hybridized carbons (Fsp3) is 1.00. The van der Waals surface area contributed by atoms with E-state index in [2.05, 4.69) is 12.2 Å². The van der Waals surface area contributed by atoms with E-state index in [9.17, 15) is 5.11 Å². The van der Waals surface area contributed by atoms with Crippen molar-refractivity contribution in [1.82, 2.24) is 5.32 Å². The first-order valence-electron chi connectivity index (χ1n) is 6.55. The third-order valence-corrected chi connectivity index (χ3v) is 4.35.